The standard InChI is InChI=1S/C10H20NO2P/c1-3-5-8(7-14)6-9(11)10(12)13-4-2/h6,9H,3-5,7,11,14H2,1-2H3. The van der Waals surface area contributed by atoms with Gasteiger partial charge in [-0.25, -0.2) is 0 Å². The van der Waals surface area contributed by atoms with Gasteiger partial charge in [-0.1, -0.05) is 25.0 Å². The Hall–Kier alpha value is -0.400. The summed E-state index contributed by atoms with van der Waals surface area (Å²) in [6, 6.07) is -0.614. The Kier molecular flexibility index (Phi) is 7.73. The van der Waals surface area contributed by atoms with Crippen molar-refractivity contribution in [1.82, 2.24) is 0 Å². The molecule has 0 bridgehead atoms. The van der Waals surface area contributed by atoms with E-state index in [4.69, 9.17) is 10.5 Å². The lowest BCUT2D eigenvalue weighted by Crippen LogP contribution is -2.30. The lowest BCUT2D eigenvalue weighted by Gasteiger charge is -2.08. The van der Waals surface area contributed by atoms with Gasteiger partial charge in [0.05, 0.1) is 6.61 Å². The van der Waals surface area contributed by atoms with Gasteiger partial charge < -0.3 is 10.5 Å². The number of hydrogen-bond acceptors (Lipinski definition) is 3. The van der Waals surface area contributed by atoms with E-state index in [1.165, 1.54) is 5.57 Å². The van der Waals surface area contributed by atoms with Crippen LogP contribution in [0.5, 0.6) is 0 Å². The van der Waals surface area contributed by atoms with Crippen molar-refractivity contribution in [2.75, 3.05) is 12.8 Å². The van der Waals surface area contributed by atoms with E-state index in [9.17, 15) is 4.79 Å². The highest BCUT2D eigenvalue weighted by molar-refractivity contribution is 7.16. The van der Waals surface area contributed by atoms with E-state index in [1.54, 1.807) is 13.0 Å². The molecule has 2 unspecified atom stereocenters. The SMILES string of the molecule is CCCC(=CC(N)C(=O)OCC)CP. The molecule has 4 heteroatoms. The molecule has 0 aromatic heterocycles. The molecular formula is C10H20NO2P. The molecule has 0 rings (SSSR count). The van der Waals surface area contributed by atoms with Crippen molar-refractivity contribution in [3.05, 3.63) is 11.6 Å². The molecule has 0 spiro atoms. The third kappa shape index (κ3) is 5.36. The van der Waals surface area contributed by atoms with E-state index in [0.29, 0.717) is 6.61 Å². The van der Waals surface area contributed by atoms with E-state index in [2.05, 4.69) is 16.2 Å². The van der Waals surface area contributed by atoms with Crippen molar-refractivity contribution in [3.63, 3.8) is 0 Å². The van der Waals surface area contributed by atoms with Crippen molar-refractivity contribution < 1.29 is 9.53 Å². The van der Waals surface area contributed by atoms with Crippen LogP contribution in [0.25, 0.3) is 0 Å². The third-order valence-corrected chi connectivity index (χ3v) is 2.33. The quantitative estimate of drug-likeness (QED) is 0.416. The van der Waals surface area contributed by atoms with Crippen LogP contribution >= 0.6 is 9.24 Å². The molecule has 14 heavy (non-hydrogen) atoms. The van der Waals surface area contributed by atoms with Gasteiger partial charge in [0, 0.05) is 0 Å². The van der Waals surface area contributed by atoms with Gasteiger partial charge in [0.25, 0.3) is 0 Å². The van der Waals surface area contributed by atoms with Crippen LogP contribution in [-0.2, 0) is 9.53 Å². The van der Waals surface area contributed by atoms with Crippen LogP contribution in [-0.4, -0.2) is 24.8 Å². The summed E-state index contributed by atoms with van der Waals surface area (Å²) in [4.78, 5) is 11.2. The van der Waals surface area contributed by atoms with Crippen LogP contribution in [0.2, 0.25) is 0 Å². The summed E-state index contributed by atoms with van der Waals surface area (Å²) in [6.07, 6.45) is 4.71. The number of nitrogens with two attached hydrogens (primary N) is 1. The van der Waals surface area contributed by atoms with Gasteiger partial charge in [-0.15, -0.1) is 9.24 Å². The third-order valence-electron chi connectivity index (χ3n) is 1.81. The van der Waals surface area contributed by atoms with Crippen molar-refractivity contribution in [2.24, 2.45) is 5.73 Å². The smallest absolute Gasteiger partial charge is 0.326 e. The Balaban J connectivity index is 4.21. The average molecular weight is 217 g/mol. The van der Waals surface area contributed by atoms with Gasteiger partial charge in [-0.3, -0.25) is 4.79 Å². The molecule has 0 aliphatic rings. The van der Waals surface area contributed by atoms with Gasteiger partial charge in [-0.05, 0) is 19.5 Å². The maximum absolute atomic E-state index is 11.2. The maximum Gasteiger partial charge on any atom is 0.326 e. The highest BCUT2D eigenvalue weighted by Crippen LogP contribution is 2.09. The minimum atomic E-state index is -0.614. The van der Waals surface area contributed by atoms with Crippen molar-refractivity contribution in [3.8, 4) is 0 Å². The van der Waals surface area contributed by atoms with Crippen molar-refractivity contribution >= 4 is 15.2 Å². The Morgan fingerprint density at radius 1 is 1.57 bits per heavy atom. The second-order valence-electron chi connectivity index (χ2n) is 3.06. The van der Waals surface area contributed by atoms with E-state index in [-0.39, 0.29) is 5.97 Å². The summed E-state index contributed by atoms with van der Waals surface area (Å²) in [5.41, 5.74) is 6.84. The molecule has 2 atom stereocenters. The fourth-order valence-corrected chi connectivity index (χ4v) is 1.48. The number of allylic oxidation sites excluding steroid dienone is 1. The lowest BCUT2D eigenvalue weighted by atomic mass is 10.1. The molecule has 0 radical (unpaired) electrons. The maximum atomic E-state index is 11.2. The molecule has 2 N–H and O–H groups in total. The molecule has 0 aromatic carbocycles. The van der Waals surface area contributed by atoms with Gasteiger partial charge in [0.15, 0.2) is 0 Å². The van der Waals surface area contributed by atoms with Crippen molar-refractivity contribution in [2.45, 2.75) is 32.7 Å². The summed E-state index contributed by atoms with van der Waals surface area (Å²) in [6.45, 7) is 4.26. The van der Waals surface area contributed by atoms with E-state index < -0.39 is 6.04 Å². The Labute approximate surface area is 88.3 Å². The fraction of sp³-hybridized carbons (Fsp3) is 0.700. The van der Waals surface area contributed by atoms with E-state index in [1.807, 2.05) is 0 Å². The number of rotatable bonds is 6. The minimum Gasteiger partial charge on any atom is -0.465 e. The summed E-state index contributed by atoms with van der Waals surface area (Å²) in [7, 11) is 2.64. The highest BCUT2D eigenvalue weighted by atomic mass is 31.0. The monoisotopic (exact) mass is 217 g/mol. The summed E-state index contributed by atoms with van der Waals surface area (Å²) < 4.78 is 4.81. The minimum absolute atomic E-state index is 0.348. The molecule has 0 saturated carbocycles. The largest absolute Gasteiger partial charge is 0.465 e. The number of ether oxygens (including phenoxy) is 1. The first-order chi connectivity index (χ1) is 6.65. The van der Waals surface area contributed by atoms with Crippen molar-refractivity contribution in [1.29, 1.82) is 0 Å². The average Bonchev–Trinajstić information content (AvgIpc) is 2.17. The zero-order valence-corrected chi connectivity index (χ0v) is 10.1. The van der Waals surface area contributed by atoms with Crippen LogP contribution in [0.4, 0.5) is 0 Å². The lowest BCUT2D eigenvalue weighted by molar-refractivity contribution is -0.143. The topological polar surface area (TPSA) is 52.3 Å². The fourth-order valence-electron chi connectivity index (χ4n) is 1.14. The Morgan fingerprint density at radius 3 is 2.64 bits per heavy atom. The predicted molar refractivity (Wildman–Crippen MR) is 62.2 cm³/mol. The molecule has 0 heterocycles. The summed E-state index contributed by atoms with van der Waals surface area (Å²) in [5.74, 6) is -0.348. The zero-order valence-electron chi connectivity index (χ0n) is 8.95. The number of hydrogen-bond donors (Lipinski definition) is 1. The van der Waals surface area contributed by atoms with Crippen LogP contribution < -0.4 is 5.73 Å². The molecule has 0 aromatic rings. The first-order valence-corrected chi connectivity index (χ1v) is 5.79. The van der Waals surface area contributed by atoms with Gasteiger partial charge in [0.2, 0.25) is 0 Å². The predicted octanol–water partition coefficient (Wildman–Crippen LogP) is 1.48. The highest BCUT2D eigenvalue weighted by Gasteiger charge is 2.11. The van der Waals surface area contributed by atoms with E-state index >= 15 is 0 Å². The summed E-state index contributed by atoms with van der Waals surface area (Å²) in [5, 5.41) is 0. The number of carbonyl (C=O) groups is 1. The first-order valence-electron chi connectivity index (χ1n) is 4.97. The molecule has 3 nitrogen and oxygen atoms in total. The Bertz CT molecular complexity index is 204. The normalized spacial score (nSPS) is 13.9. The molecule has 82 valence electrons. The second kappa shape index (κ2) is 7.95. The molecule has 0 aliphatic heterocycles. The van der Waals surface area contributed by atoms with Crippen LogP contribution in [0.3, 0.4) is 0 Å². The Morgan fingerprint density at radius 2 is 2.21 bits per heavy atom. The van der Waals surface area contributed by atoms with Crippen LogP contribution in [0.1, 0.15) is 26.7 Å². The number of esters is 1. The first kappa shape index (κ1) is 13.6. The van der Waals surface area contributed by atoms with Crippen LogP contribution in [0.15, 0.2) is 11.6 Å². The second-order valence-corrected chi connectivity index (χ2v) is 3.47. The zero-order chi connectivity index (χ0) is 11.0. The van der Waals surface area contributed by atoms with Gasteiger partial charge in [-0.2, -0.15) is 0 Å². The molecule has 0 fully saturated rings. The van der Waals surface area contributed by atoms with Gasteiger partial charge in [0.1, 0.15) is 6.04 Å². The molecule has 0 saturated heterocycles. The summed E-state index contributed by atoms with van der Waals surface area (Å²) >= 11 is 0. The van der Waals surface area contributed by atoms with E-state index in [0.717, 1.165) is 19.0 Å². The van der Waals surface area contributed by atoms with Crippen LogP contribution in [0, 0.1) is 0 Å². The van der Waals surface area contributed by atoms with Gasteiger partial charge >= 0.3 is 5.97 Å². The molecular weight excluding hydrogens is 197 g/mol. The number of carbonyl (C=O) groups excluding carboxylic acids is 1. The molecule has 0 amide bonds. The molecule has 0 aliphatic carbocycles.